The number of β-amino-alcohol motifs (C(OH)–C–C–N with tert-alkyl or cyclic N) is 1. The summed E-state index contributed by atoms with van der Waals surface area (Å²) in [4.78, 5) is 82.8. The zero-order valence-corrected chi connectivity index (χ0v) is 43.0. The number of thiazole rings is 1. The van der Waals surface area contributed by atoms with E-state index in [1.807, 2.05) is 58.9 Å². The third-order valence-electron chi connectivity index (χ3n) is 13.7. The van der Waals surface area contributed by atoms with Gasteiger partial charge >= 0.3 is 0 Å². The summed E-state index contributed by atoms with van der Waals surface area (Å²) >= 11 is 1.56. The van der Waals surface area contributed by atoms with Crippen molar-refractivity contribution in [3.8, 4) is 21.7 Å². The highest BCUT2D eigenvalue weighted by molar-refractivity contribution is 7.13. The van der Waals surface area contributed by atoms with E-state index < -0.39 is 64.1 Å². The number of benzene rings is 2. The summed E-state index contributed by atoms with van der Waals surface area (Å²) in [6, 6.07) is 12.6. The van der Waals surface area contributed by atoms with Gasteiger partial charge in [0.05, 0.1) is 45.7 Å². The molecule has 1 unspecified atom stereocenters. The van der Waals surface area contributed by atoms with Crippen LogP contribution in [0.15, 0.2) is 78.6 Å². The number of aromatic nitrogens is 3. The number of nitrogens with one attached hydrogen (secondary N) is 4. The van der Waals surface area contributed by atoms with Gasteiger partial charge in [-0.3, -0.25) is 29.0 Å². The molecule has 1 saturated heterocycles. The zero-order chi connectivity index (χ0) is 52.6. The second kappa shape index (κ2) is 24.0. The number of hydrogen-bond donors (Lipinski definition) is 5. The van der Waals surface area contributed by atoms with E-state index in [1.54, 1.807) is 29.1 Å². The van der Waals surface area contributed by atoms with E-state index in [0.717, 1.165) is 70.4 Å². The van der Waals surface area contributed by atoms with E-state index >= 15 is 0 Å². The molecular formula is C55H65F3N8O6S. The van der Waals surface area contributed by atoms with Crippen LogP contribution in [0.3, 0.4) is 0 Å². The second-order valence-electron chi connectivity index (χ2n) is 20.6. The number of amides is 5. The second-order valence-corrected chi connectivity index (χ2v) is 21.5. The molecule has 1 aliphatic carbocycles. The Kier molecular flexibility index (Phi) is 17.8. The number of likely N-dealkylation sites (tertiary alicyclic amines) is 1. The lowest BCUT2D eigenvalue weighted by Crippen LogP contribution is -2.57. The summed E-state index contributed by atoms with van der Waals surface area (Å²) in [5.74, 6) is -4.73. The minimum atomic E-state index is -1.01. The zero-order valence-electron chi connectivity index (χ0n) is 42.1. The predicted octanol–water partition coefficient (Wildman–Crippen LogP) is 9.34. The molecule has 5 amide bonds. The summed E-state index contributed by atoms with van der Waals surface area (Å²) in [6.45, 7) is 11.5. The summed E-state index contributed by atoms with van der Waals surface area (Å²) < 4.78 is 43.8. The number of carbonyl (C=O) groups is 5. The molecule has 0 bridgehead atoms. The molecule has 7 atom stereocenters. The van der Waals surface area contributed by atoms with E-state index in [1.165, 1.54) is 11.1 Å². The lowest BCUT2D eigenvalue weighted by molar-refractivity contribution is -0.144. The van der Waals surface area contributed by atoms with Crippen LogP contribution >= 0.6 is 11.3 Å². The molecule has 2 fully saturated rings. The molecule has 7 rings (SSSR count). The lowest BCUT2D eigenvalue weighted by atomic mass is 9.76. The van der Waals surface area contributed by atoms with Gasteiger partial charge in [0.25, 0.3) is 5.91 Å². The van der Waals surface area contributed by atoms with Crippen LogP contribution in [0.4, 0.5) is 18.9 Å². The van der Waals surface area contributed by atoms with Crippen LogP contribution < -0.4 is 21.3 Å². The van der Waals surface area contributed by atoms with Crippen molar-refractivity contribution in [2.75, 3.05) is 11.9 Å². The molecule has 5 N–H and O–H groups in total. The normalized spacial score (nSPS) is 19.7. The van der Waals surface area contributed by atoms with Gasteiger partial charge in [0.1, 0.15) is 40.9 Å². The van der Waals surface area contributed by atoms with Crippen LogP contribution in [0.2, 0.25) is 0 Å². The van der Waals surface area contributed by atoms with E-state index in [0.29, 0.717) is 44.2 Å². The van der Waals surface area contributed by atoms with E-state index in [-0.39, 0.29) is 66.7 Å². The maximum absolute atomic E-state index is 14.8. The molecule has 73 heavy (non-hydrogen) atoms. The Bertz CT molecular complexity index is 2770. The molecule has 2 aromatic carbocycles. The molecule has 0 spiro atoms. The molecule has 1 aliphatic heterocycles. The number of aryl methyl sites for hydroxylation is 1. The molecule has 4 heterocycles. The third-order valence-corrected chi connectivity index (χ3v) is 14.7. The number of rotatable bonds is 18. The highest BCUT2D eigenvalue weighted by atomic mass is 32.1. The first kappa shape index (κ1) is 54.2. The predicted molar refractivity (Wildman–Crippen MR) is 273 cm³/mol. The van der Waals surface area contributed by atoms with Crippen molar-refractivity contribution in [3.05, 3.63) is 119 Å². The molecule has 1 saturated carbocycles. The number of aliphatic hydroxyl groups is 1. The first-order valence-electron chi connectivity index (χ1n) is 25.0. The highest BCUT2D eigenvalue weighted by Crippen LogP contribution is 2.39. The molecule has 5 aromatic rings. The largest absolute Gasteiger partial charge is 0.391 e. The van der Waals surface area contributed by atoms with Gasteiger partial charge in [-0.05, 0) is 110 Å². The Morgan fingerprint density at radius 2 is 1.55 bits per heavy atom. The Morgan fingerprint density at radius 3 is 2.22 bits per heavy atom. The topological polar surface area (TPSA) is 196 Å². The van der Waals surface area contributed by atoms with Gasteiger partial charge in [-0.1, -0.05) is 70.9 Å². The van der Waals surface area contributed by atoms with Gasteiger partial charge in [-0.15, -0.1) is 11.3 Å². The van der Waals surface area contributed by atoms with Crippen molar-refractivity contribution in [2.24, 2.45) is 11.3 Å². The van der Waals surface area contributed by atoms with Gasteiger partial charge in [0.15, 0.2) is 0 Å². The Morgan fingerprint density at radius 1 is 0.849 bits per heavy atom. The molecule has 2 aliphatic rings. The summed E-state index contributed by atoms with van der Waals surface area (Å²) in [7, 11) is 0. The maximum Gasteiger partial charge on any atom is 0.274 e. The molecule has 18 heteroatoms. The van der Waals surface area contributed by atoms with Crippen molar-refractivity contribution < 1.29 is 42.3 Å². The minimum Gasteiger partial charge on any atom is -0.391 e. The summed E-state index contributed by atoms with van der Waals surface area (Å²) in [6.07, 6.45) is 7.50. The average Bonchev–Trinajstić information content (AvgIpc) is 3.96. The fraction of sp³-hybridized carbons (Fsp3) is 0.455. The first-order valence-corrected chi connectivity index (χ1v) is 25.9. The maximum atomic E-state index is 14.8. The van der Waals surface area contributed by atoms with Gasteiger partial charge < -0.3 is 31.3 Å². The first-order chi connectivity index (χ1) is 34.8. The van der Waals surface area contributed by atoms with Crippen LogP contribution in [-0.2, 0) is 19.2 Å². The van der Waals surface area contributed by atoms with Crippen LogP contribution in [-0.4, -0.2) is 85.3 Å². The molecular weight excluding hydrogens is 958 g/mol. The van der Waals surface area contributed by atoms with Gasteiger partial charge in [0.2, 0.25) is 23.6 Å². The molecule has 388 valence electrons. The number of unbranched alkanes of at least 4 members (excludes halogenated alkanes) is 3. The van der Waals surface area contributed by atoms with Crippen molar-refractivity contribution >= 4 is 46.6 Å². The average molecular weight is 1020 g/mol. The SMILES string of the molecule is Cc1ncsc1-c1ccc([C@H](C)NC(=O)[C@@H]2C[C@@H](O)CN2C(=O)[C@@H](NC(=O)CCCCCCC(=O)N[C@@H]2CC(c3ccncc3NC(=O)c3ccc(F)c(-c4c(F)cccc4F)n3)C[C@H](C)C2)C(C)(C)C)cc1. The number of nitrogens with zero attached hydrogens (tertiary/aromatic N) is 4. The smallest absolute Gasteiger partial charge is 0.274 e. The Balaban J connectivity index is 0.851. The fourth-order valence-corrected chi connectivity index (χ4v) is 10.8. The molecule has 14 nitrogen and oxygen atoms in total. The quantitative estimate of drug-likeness (QED) is 0.0532. The van der Waals surface area contributed by atoms with Crippen molar-refractivity contribution in [3.63, 3.8) is 0 Å². The van der Waals surface area contributed by atoms with Gasteiger partial charge in [-0.2, -0.15) is 0 Å². The van der Waals surface area contributed by atoms with Crippen molar-refractivity contribution in [1.29, 1.82) is 0 Å². The standard InChI is InChI=1S/C55H65F3N8O6S/c1-31-24-36(39-22-23-59-28-44(39)64-52(70)43-21-20-42(58)49(63-43)48-40(56)12-11-13-41(48)57)26-37(25-31)62-46(68)14-9-7-8-10-15-47(69)65-51(55(4,5)6)54(72)66-29-38(67)27-45(66)53(71)61-32(2)34-16-18-35(19-17-34)50-33(3)60-30-73-50/h11-13,16-23,28,30-32,36-38,45,51,67H,7-10,14-15,24-27,29H2,1-6H3,(H,61,71)(H,62,68)(H,64,70)(H,65,69)/t31-,32-,36?,37-,38+,45-,51+/m0/s1. The molecule has 0 radical (unpaired) electrons. The monoisotopic (exact) mass is 1020 g/mol. The minimum absolute atomic E-state index is 0.0259. The van der Waals surface area contributed by atoms with E-state index in [2.05, 4.69) is 43.1 Å². The number of anilines is 1. The fourth-order valence-electron chi connectivity index (χ4n) is 9.97. The van der Waals surface area contributed by atoms with Crippen LogP contribution in [0, 0.1) is 35.7 Å². The number of hydrogen-bond acceptors (Lipinski definition) is 10. The van der Waals surface area contributed by atoms with Crippen LogP contribution in [0.1, 0.15) is 138 Å². The third kappa shape index (κ3) is 13.8. The van der Waals surface area contributed by atoms with Crippen molar-refractivity contribution in [2.45, 2.75) is 142 Å². The van der Waals surface area contributed by atoms with Crippen LogP contribution in [0.5, 0.6) is 0 Å². The number of halogens is 3. The summed E-state index contributed by atoms with van der Waals surface area (Å²) in [5, 5.41) is 22.6. The lowest BCUT2D eigenvalue weighted by Gasteiger charge is -2.35. The van der Waals surface area contributed by atoms with Gasteiger partial charge in [0, 0.05) is 38.0 Å². The van der Waals surface area contributed by atoms with E-state index in [4.69, 9.17) is 0 Å². The number of pyridine rings is 2. The van der Waals surface area contributed by atoms with Gasteiger partial charge in [-0.25, -0.2) is 23.1 Å². The molecule has 3 aromatic heterocycles. The Hall–Kier alpha value is -6.53. The number of aliphatic hydroxyl groups excluding tert-OH is 1. The highest BCUT2D eigenvalue weighted by Gasteiger charge is 2.45. The van der Waals surface area contributed by atoms with Crippen molar-refractivity contribution in [1.82, 2.24) is 35.8 Å². The van der Waals surface area contributed by atoms with Crippen LogP contribution in [0.25, 0.3) is 21.7 Å². The number of carbonyl (C=O) groups excluding carboxylic acids is 5. The summed E-state index contributed by atoms with van der Waals surface area (Å²) in [5.41, 5.74) is 3.65. The Labute approximate surface area is 428 Å². The van der Waals surface area contributed by atoms with E-state index in [9.17, 15) is 42.3 Å².